The molecule has 0 N–H and O–H groups in total. The summed E-state index contributed by atoms with van der Waals surface area (Å²) in [6, 6.07) is 1.98. The van der Waals surface area contributed by atoms with E-state index in [1.807, 2.05) is 11.1 Å². The van der Waals surface area contributed by atoms with Crippen molar-refractivity contribution in [2.24, 2.45) is 0 Å². The molecule has 3 rings (SSSR count). The van der Waals surface area contributed by atoms with Gasteiger partial charge in [0.25, 0.3) is 5.91 Å². The Morgan fingerprint density at radius 1 is 1.53 bits per heavy atom. The molecule has 19 heavy (non-hydrogen) atoms. The van der Waals surface area contributed by atoms with E-state index in [0.717, 1.165) is 19.4 Å². The zero-order valence-electron chi connectivity index (χ0n) is 10.8. The van der Waals surface area contributed by atoms with E-state index < -0.39 is 0 Å². The number of aromatic nitrogens is 3. The average molecular weight is 260 g/mol. The number of piperidine rings is 1. The Bertz CT molecular complexity index is 561. The van der Waals surface area contributed by atoms with Gasteiger partial charge < -0.3 is 14.0 Å². The largest absolute Gasteiger partial charge is 0.361 e. The van der Waals surface area contributed by atoms with E-state index in [1.54, 1.807) is 25.5 Å². The van der Waals surface area contributed by atoms with Crippen molar-refractivity contribution in [2.45, 2.75) is 25.8 Å². The number of imidazole rings is 1. The molecule has 1 amide bonds. The van der Waals surface area contributed by atoms with Gasteiger partial charge in [-0.05, 0) is 19.8 Å². The summed E-state index contributed by atoms with van der Waals surface area (Å²) < 4.78 is 7.03. The maximum Gasteiger partial charge on any atom is 0.276 e. The molecule has 2 aromatic rings. The molecule has 100 valence electrons. The highest BCUT2D eigenvalue weighted by atomic mass is 16.5. The van der Waals surface area contributed by atoms with Crippen LogP contribution in [0.5, 0.6) is 0 Å². The lowest BCUT2D eigenvalue weighted by Gasteiger charge is -2.32. The molecular weight excluding hydrogens is 244 g/mol. The molecule has 0 radical (unpaired) electrons. The molecule has 1 aliphatic rings. The molecule has 0 bridgehead atoms. The summed E-state index contributed by atoms with van der Waals surface area (Å²) in [5.74, 6) is 0.605. The zero-order valence-corrected chi connectivity index (χ0v) is 10.8. The monoisotopic (exact) mass is 260 g/mol. The van der Waals surface area contributed by atoms with Crippen LogP contribution in [0.2, 0.25) is 0 Å². The Morgan fingerprint density at radius 3 is 3.11 bits per heavy atom. The Kier molecular flexibility index (Phi) is 3.06. The number of hydrogen-bond donors (Lipinski definition) is 0. The zero-order chi connectivity index (χ0) is 13.2. The van der Waals surface area contributed by atoms with Gasteiger partial charge in [0.05, 0.1) is 12.4 Å². The lowest BCUT2D eigenvalue weighted by molar-refractivity contribution is 0.0669. The fourth-order valence-corrected chi connectivity index (χ4v) is 2.50. The fraction of sp³-hybridized carbons (Fsp3) is 0.462. The molecule has 6 heteroatoms. The van der Waals surface area contributed by atoms with Crippen molar-refractivity contribution in [3.05, 3.63) is 36.2 Å². The predicted octanol–water partition coefficient (Wildman–Crippen LogP) is 1.66. The van der Waals surface area contributed by atoms with Crippen LogP contribution in [-0.2, 0) is 0 Å². The third kappa shape index (κ3) is 2.38. The smallest absolute Gasteiger partial charge is 0.276 e. The van der Waals surface area contributed by atoms with Crippen molar-refractivity contribution in [2.75, 3.05) is 13.1 Å². The first kappa shape index (κ1) is 12.0. The van der Waals surface area contributed by atoms with Gasteiger partial charge in [-0.15, -0.1) is 0 Å². The van der Waals surface area contributed by atoms with Crippen molar-refractivity contribution < 1.29 is 9.32 Å². The molecule has 3 heterocycles. The van der Waals surface area contributed by atoms with Crippen LogP contribution < -0.4 is 0 Å². The number of carbonyl (C=O) groups is 1. The minimum Gasteiger partial charge on any atom is -0.361 e. The van der Waals surface area contributed by atoms with Gasteiger partial charge in [0, 0.05) is 31.5 Å². The van der Waals surface area contributed by atoms with Gasteiger partial charge in [-0.2, -0.15) is 0 Å². The maximum atomic E-state index is 12.3. The van der Waals surface area contributed by atoms with Crippen LogP contribution in [0.3, 0.4) is 0 Å². The molecule has 1 aliphatic heterocycles. The van der Waals surface area contributed by atoms with Crippen molar-refractivity contribution in [1.29, 1.82) is 0 Å². The third-order valence-electron chi connectivity index (χ3n) is 3.48. The van der Waals surface area contributed by atoms with E-state index in [4.69, 9.17) is 4.52 Å². The van der Waals surface area contributed by atoms with Gasteiger partial charge in [0.1, 0.15) is 5.76 Å². The molecule has 0 saturated carbocycles. The van der Waals surface area contributed by atoms with Crippen LogP contribution in [0.25, 0.3) is 0 Å². The highest BCUT2D eigenvalue weighted by Gasteiger charge is 2.26. The van der Waals surface area contributed by atoms with Crippen molar-refractivity contribution in [3.8, 4) is 0 Å². The first-order valence-corrected chi connectivity index (χ1v) is 6.44. The summed E-state index contributed by atoms with van der Waals surface area (Å²) in [5, 5.41) is 3.79. The van der Waals surface area contributed by atoms with E-state index in [0.29, 0.717) is 24.0 Å². The SMILES string of the molecule is Cc1cc(C(=O)N2CCC[C@@H](n3ccnc3)C2)no1. The Morgan fingerprint density at radius 2 is 2.42 bits per heavy atom. The second-order valence-corrected chi connectivity index (χ2v) is 4.88. The maximum absolute atomic E-state index is 12.3. The summed E-state index contributed by atoms with van der Waals surface area (Å²) in [5.41, 5.74) is 0.392. The van der Waals surface area contributed by atoms with Gasteiger partial charge in [-0.3, -0.25) is 4.79 Å². The van der Waals surface area contributed by atoms with Crippen LogP contribution in [0, 0.1) is 6.92 Å². The highest BCUT2D eigenvalue weighted by Crippen LogP contribution is 2.22. The summed E-state index contributed by atoms with van der Waals surface area (Å²) >= 11 is 0. The summed E-state index contributed by atoms with van der Waals surface area (Å²) in [6.07, 6.45) is 7.57. The van der Waals surface area contributed by atoms with Gasteiger partial charge in [0.2, 0.25) is 0 Å². The number of amides is 1. The van der Waals surface area contributed by atoms with Crippen LogP contribution in [0.15, 0.2) is 29.3 Å². The van der Waals surface area contributed by atoms with E-state index in [9.17, 15) is 4.79 Å². The minimum absolute atomic E-state index is 0.0540. The fourth-order valence-electron chi connectivity index (χ4n) is 2.50. The van der Waals surface area contributed by atoms with Crippen molar-refractivity contribution >= 4 is 5.91 Å². The van der Waals surface area contributed by atoms with Crippen LogP contribution in [0.4, 0.5) is 0 Å². The topological polar surface area (TPSA) is 64.2 Å². The summed E-state index contributed by atoms with van der Waals surface area (Å²) in [6.45, 7) is 3.26. The van der Waals surface area contributed by atoms with E-state index in [1.165, 1.54) is 0 Å². The predicted molar refractivity (Wildman–Crippen MR) is 67.6 cm³/mol. The summed E-state index contributed by atoms with van der Waals surface area (Å²) in [4.78, 5) is 18.2. The number of aryl methyl sites for hydroxylation is 1. The molecule has 6 nitrogen and oxygen atoms in total. The van der Waals surface area contributed by atoms with Crippen LogP contribution in [-0.4, -0.2) is 38.6 Å². The Labute approximate surface area is 111 Å². The van der Waals surface area contributed by atoms with Crippen molar-refractivity contribution in [1.82, 2.24) is 19.6 Å². The Balaban J connectivity index is 1.73. The van der Waals surface area contributed by atoms with E-state index in [2.05, 4.69) is 14.7 Å². The first-order valence-electron chi connectivity index (χ1n) is 6.44. The lowest BCUT2D eigenvalue weighted by Crippen LogP contribution is -2.40. The van der Waals surface area contributed by atoms with Gasteiger partial charge in [-0.1, -0.05) is 5.16 Å². The molecule has 1 fully saturated rings. The minimum atomic E-state index is -0.0540. The molecule has 0 unspecified atom stereocenters. The molecular formula is C13H16N4O2. The van der Waals surface area contributed by atoms with Gasteiger partial charge in [0.15, 0.2) is 5.69 Å². The lowest BCUT2D eigenvalue weighted by atomic mass is 10.1. The second kappa shape index (κ2) is 4.87. The molecule has 0 aromatic carbocycles. The first-order chi connectivity index (χ1) is 9.24. The second-order valence-electron chi connectivity index (χ2n) is 4.88. The number of nitrogens with zero attached hydrogens (tertiary/aromatic N) is 4. The standard InChI is InChI=1S/C13H16N4O2/c1-10-7-12(15-19-10)13(18)16-5-2-3-11(8-16)17-6-4-14-9-17/h4,6-7,9,11H,2-3,5,8H2,1H3/t11-/m1/s1. The number of carbonyl (C=O) groups excluding carboxylic acids is 1. The quantitative estimate of drug-likeness (QED) is 0.823. The van der Waals surface area contributed by atoms with Crippen LogP contribution >= 0.6 is 0 Å². The molecule has 1 atom stereocenters. The summed E-state index contributed by atoms with van der Waals surface area (Å²) in [7, 11) is 0. The van der Waals surface area contributed by atoms with Gasteiger partial charge >= 0.3 is 0 Å². The molecule has 0 aliphatic carbocycles. The normalized spacial score (nSPS) is 19.6. The molecule has 2 aromatic heterocycles. The van der Waals surface area contributed by atoms with E-state index >= 15 is 0 Å². The third-order valence-corrected chi connectivity index (χ3v) is 3.48. The molecule has 0 spiro atoms. The number of likely N-dealkylation sites (tertiary alicyclic amines) is 1. The molecule has 1 saturated heterocycles. The van der Waals surface area contributed by atoms with Crippen molar-refractivity contribution in [3.63, 3.8) is 0 Å². The highest BCUT2D eigenvalue weighted by molar-refractivity contribution is 5.92. The van der Waals surface area contributed by atoms with E-state index in [-0.39, 0.29) is 5.91 Å². The Hall–Kier alpha value is -2.11. The van der Waals surface area contributed by atoms with Crippen LogP contribution in [0.1, 0.15) is 35.1 Å². The number of hydrogen-bond acceptors (Lipinski definition) is 4. The number of rotatable bonds is 2. The average Bonchev–Trinajstić information content (AvgIpc) is 3.09. The van der Waals surface area contributed by atoms with Gasteiger partial charge in [-0.25, -0.2) is 4.98 Å².